The molecule has 33 heavy (non-hydrogen) atoms. The molecule has 0 aliphatic carbocycles. The number of esters is 2. The second kappa shape index (κ2) is 13.2. The topological polar surface area (TPSA) is 89.5 Å². The minimum Gasteiger partial charge on any atom is -0.489 e. The Morgan fingerprint density at radius 2 is 1.36 bits per heavy atom. The smallest absolute Gasteiger partial charge is 0.330 e. The van der Waals surface area contributed by atoms with Crippen molar-refractivity contribution in [1.82, 2.24) is 0 Å². The Bertz CT molecular complexity index is 968. The minimum atomic E-state index is -0.594. The highest BCUT2D eigenvalue weighted by Crippen LogP contribution is 2.36. The van der Waals surface area contributed by atoms with Crippen LogP contribution in [0, 0.1) is 6.92 Å². The lowest BCUT2D eigenvalue weighted by molar-refractivity contribution is -0.148. The summed E-state index contributed by atoms with van der Waals surface area (Å²) < 4.78 is 32.8. The zero-order valence-electron chi connectivity index (χ0n) is 19.2. The van der Waals surface area contributed by atoms with Crippen molar-refractivity contribution in [2.24, 2.45) is 0 Å². The standard InChI is InChI=1S/C25H30O8/c1-6-23(26)32-18(13-28-4)15-30-22-12-17(3)25(21-11-9-8-10-20(21)22)31-16-19(14-29-5)33-24(27)7-2/h6-12,18-19H,1-2,13-16H2,3-5H3. The van der Waals surface area contributed by atoms with E-state index in [1.165, 1.54) is 14.2 Å². The molecule has 0 radical (unpaired) electrons. The van der Waals surface area contributed by atoms with E-state index in [-0.39, 0.29) is 26.4 Å². The number of rotatable bonds is 14. The molecule has 0 spiro atoms. The van der Waals surface area contributed by atoms with Crippen molar-refractivity contribution in [3.05, 3.63) is 61.2 Å². The number of benzene rings is 2. The molecule has 0 aliphatic rings. The predicted molar refractivity (Wildman–Crippen MR) is 124 cm³/mol. The fourth-order valence-electron chi connectivity index (χ4n) is 3.15. The molecule has 0 saturated heterocycles. The zero-order chi connectivity index (χ0) is 24.2. The highest BCUT2D eigenvalue weighted by atomic mass is 16.6. The first-order valence-corrected chi connectivity index (χ1v) is 10.3. The first kappa shape index (κ1) is 25.9. The molecule has 2 atom stereocenters. The monoisotopic (exact) mass is 458 g/mol. The molecule has 178 valence electrons. The number of hydrogen-bond acceptors (Lipinski definition) is 8. The molecule has 0 heterocycles. The second-order valence-electron chi connectivity index (χ2n) is 7.13. The van der Waals surface area contributed by atoms with Crippen LogP contribution < -0.4 is 9.47 Å². The number of carbonyl (C=O) groups excluding carboxylic acids is 2. The van der Waals surface area contributed by atoms with Gasteiger partial charge in [-0.3, -0.25) is 0 Å². The van der Waals surface area contributed by atoms with Crippen LogP contribution >= 0.6 is 0 Å². The number of carbonyl (C=O) groups is 2. The van der Waals surface area contributed by atoms with Crippen LogP contribution in [0.1, 0.15) is 5.56 Å². The van der Waals surface area contributed by atoms with E-state index in [1.54, 1.807) is 0 Å². The Kier molecular flexibility index (Phi) is 10.4. The average Bonchev–Trinajstić information content (AvgIpc) is 2.81. The van der Waals surface area contributed by atoms with Gasteiger partial charge in [0.2, 0.25) is 0 Å². The van der Waals surface area contributed by atoms with Gasteiger partial charge in [0.05, 0.1) is 13.2 Å². The van der Waals surface area contributed by atoms with Crippen LogP contribution in [-0.4, -0.2) is 64.8 Å². The van der Waals surface area contributed by atoms with Gasteiger partial charge in [-0.25, -0.2) is 9.59 Å². The van der Waals surface area contributed by atoms with Crippen LogP contribution in [0.5, 0.6) is 11.5 Å². The normalized spacial score (nSPS) is 12.5. The zero-order valence-corrected chi connectivity index (χ0v) is 19.2. The summed E-state index contributed by atoms with van der Waals surface area (Å²) in [5.74, 6) is 0.153. The van der Waals surface area contributed by atoms with Crippen LogP contribution in [-0.2, 0) is 28.5 Å². The molecule has 0 bridgehead atoms. The highest BCUT2D eigenvalue weighted by Gasteiger charge is 2.19. The van der Waals surface area contributed by atoms with Crippen molar-refractivity contribution in [2.45, 2.75) is 19.1 Å². The maximum Gasteiger partial charge on any atom is 0.330 e. The molecule has 2 unspecified atom stereocenters. The van der Waals surface area contributed by atoms with E-state index >= 15 is 0 Å². The molecule has 8 heteroatoms. The molecule has 0 aliphatic heterocycles. The molecule has 2 aromatic rings. The van der Waals surface area contributed by atoms with Gasteiger partial charge in [0.25, 0.3) is 0 Å². The number of ether oxygens (including phenoxy) is 6. The average molecular weight is 459 g/mol. The number of methoxy groups -OCH3 is 2. The summed E-state index contributed by atoms with van der Waals surface area (Å²) in [5.41, 5.74) is 0.821. The van der Waals surface area contributed by atoms with Gasteiger partial charge < -0.3 is 28.4 Å². The van der Waals surface area contributed by atoms with Crippen molar-refractivity contribution in [3.8, 4) is 11.5 Å². The summed E-state index contributed by atoms with van der Waals surface area (Å²) in [4.78, 5) is 23.1. The quantitative estimate of drug-likeness (QED) is 0.314. The SMILES string of the molecule is C=CC(=O)OC(COC)COc1cc(C)c(OCC(COC)OC(=O)C=C)c2ccccc12. The lowest BCUT2D eigenvalue weighted by Gasteiger charge is -2.21. The Labute approximate surface area is 193 Å². The largest absolute Gasteiger partial charge is 0.489 e. The molecule has 0 N–H and O–H groups in total. The predicted octanol–water partition coefficient (Wildman–Crippen LogP) is 3.39. The molecule has 0 saturated carbocycles. The molecule has 0 aromatic heterocycles. The van der Waals surface area contributed by atoms with Gasteiger partial charge >= 0.3 is 11.9 Å². The van der Waals surface area contributed by atoms with E-state index in [4.69, 9.17) is 28.4 Å². The summed E-state index contributed by atoms with van der Waals surface area (Å²) in [6.07, 6.45) is 1.00. The van der Waals surface area contributed by atoms with E-state index in [0.717, 1.165) is 28.5 Å². The van der Waals surface area contributed by atoms with Crippen molar-refractivity contribution in [3.63, 3.8) is 0 Å². The van der Waals surface area contributed by atoms with Gasteiger partial charge in [0.1, 0.15) is 24.7 Å². The molecular formula is C25H30O8. The van der Waals surface area contributed by atoms with Gasteiger partial charge in [0, 0.05) is 37.1 Å². The van der Waals surface area contributed by atoms with E-state index in [9.17, 15) is 9.59 Å². The fraction of sp³-hybridized carbons (Fsp3) is 0.360. The van der Waals surface area contributed by atoms with E-state index in [2.05, 4.69) is 13.2 Å². The van der Waals surface area contributed by atoms with Crippen LogP contribution in [0.3, 0.4) is 0 Å². The van der Waals surface area contributed by atoms with Crippen LogP contribution in [0.25, 0.3) is 10.8 Å². The molecule has 2 aromatic carbocycles. The van der Waals surface area contributed by atoms with Gasteiger partial charge in [-0.1, -0.05) is 37.4 Å². The Hall–Kier alpha value is -3.36. The van der Waals surface area contributed by atoms with Crippen LogP contribution in [0.2, 0.25) is 0 Å². The first-order valence-electron chi connectivity index (χ1n) is 10.3. The number of hydrogen-bond donors (Lipinski definition) is 0. The summed E-state index contributed by atoms with van der Waals surface area (Å²) in [5, 5.41) is 1.64. The Morgan fingerprint density at radius 1 is 0.848 bits per heavy atom. The third-order valence-corrected chi connectivity index (χ3v) is 4.59. The summed E-state index contributed by atoms with van der Waals surface area (Å²) in [6, 6.07) is 9.44. The van der Waals surface area contributed by atoms with E-state index < -0.39 is 24.1 Å². The van der Waals surface area contributed by atoms with E-state index in [1.807, 2.05) is 37.3 Å². The second-order valence-corrected chi connectivity index (χ2v) is 7.13. The number of aryl methyl sites for hydroxylation is 1. The maximum atomic E-state index is 11.6. The highest BCUT2D eigenvalue weighted by molar-refractivity contribution is 5.94. The molecular weight excluding hydrogens is 428 g/mol. The van der Waals surface area contributed by atoms with Crippen molar-refractivity contribution in [1.29, 1.82) is 0 Å². The molecule has 2 rings (SSSR count). The molecule has 8 nitrogen and oxygen atoms in total. The van der Waals surface area contributed by atoms with Crippen molar-refractivity contribution in [2.75, 3.05) is 40.6 Å². The van der Waals surface area contributed by atoms with Crippen molar-refractivity contribution < 1.29 is 38.0 Å². The van der Waals surface area contributed by atoms with Crippen LogP contribution in [0.15, 0.2) is 55.6 Å². The van der Waals surface area contributed by atoms with Gasteiger partial charge in [0.15, 0.2) is 12.2 Å². The van der Waals surface area contributed by atoms with Crippen molar-refractivity contribution >= 4 is 22.7 Å². The lowest BCUT2D eigenvalue weighted by Crippen LogP contribution is -2.29. The van der Waals surface area contributed by atoms with Gasteiger partial charge in [-0.15, -0.1) is 0 Å². The summed E-state index contributed by atoms with van der Waals surface area (Å²) >= 11 is 0. The Balaban J connectivity index is 2.24. The van der Waals surface area contributed by atoms with Crippen LogP contribution in [0.4, 0.5) is 0 Å². The fourth-order valence-corrected chi connectivity index (χ4v) is 3.15. The third-order valence-electron chi connectivity index (χ3n) is 4.59. The number of fused-ring (bicyclic) bond motifs is 1. The van der Waals surface area contributed by atoms with E-state index in [0.29, 0.717) is 11.5 Å². The summed E-state index contributed by atoms with van der Waals surface area (Å²) in [6.45, 7) is 9.27. The summed E-state index contributed by atoms with van der Waals surface area (Å²) in [7, 11) is 3.04. The third kappa shape index (κ3) is 7.62. The molecule has 0 amide bonds. The molecule has 0 fully saturated rings. The lowest BCUT2D eigenvalue weighted by atomic mass is 10.0. The minimum absolute atomic E-state index is 0.102. The maximum absolute atomic E-state index is 11.6. The Morgan fingerprint density at radius 3 is 1.88 bits per heavy atom. The van der Waals surface area contributed by atoms with Gasteiger partial charge in [-0.05, 0) is 18.6 Å². The first-order chi connectivity index (χ1) is 15.9. The van der Waals surface area contributed by atoms with Gasteiger partial charge in [-0.2, -0.15) is 0 Å².